The zero-order valence-corrected chi connectivity index (χ0v) is 10.5. The Bertz CT molecular complexity index is 664. The molecule has 2 rings (SSSR count). The highest BCUT2D eigenvalue weighted by Crippen LogP contribution is 2.11. The van der Waals surface area contributed by atoms with Gasteiger partial charge in [-0.25, -0.2) is 4.68 Å². The third kappa shape index (κ3) is 3.41. The SMILES string of the molecule is Cc1cnn(CC(=O)Nc2cccc(N)c2)c(=O)c1. The van der Waals surface area contributed by atoms with Crippen LogP contribution in [0, 0.1) is 6.92 Å². The molecule has 0 radical (unpaired) electrons. The lowest BCUT2D eigenvalue weighted by molar-refractivity contribution is -0.117. The average molecular weight is 258 g/mol. The summed E-state index contributed by atoms with van der Waals surface area (Å²) in [6, 6.07) is 8.26. The van der Waals surface area contributed by atoms with E-state index in [4.69, 9.17) is 5.73 Å². The van der Waals surface area contributed by atoms with Crippen LogP contribution >= 0.6 is 0 Å². The predicted molar refractivity (Wildman–Crippen MR) is 72.7 cm³/mol. The molecule has 6 heteroatoms. The number of nitrogens with one attached hydrogen (secondary N) is 1. The van der Waals surface area contributed by atoms with Gasteiger partial charge in [0.15, 0.2) is 0 Å². The normalized spacial score (nSPS) is 10.2. The fraction of sp³-hybridized carbons (Fsp3) is 0.154. The van der Waals surface area contributed by atoms with E-state index in [1.807, 2.05) is 0 Å². The zero-order valence-electron chi connectivity index (χ0n) is 10.5. The first-order valence-electron chi connectivity index (χ1n) is 5.74. The summed E-state index contributed by atoms with van der Waals surface area (Å²) in [5.41, 5.74) is 7.21. The molecule has 6 nitrogen and oxygen atoms in total. The number of aromatic nitrogens is 2. The number of rotatable bonds is 3. The molecule has 2 aromatic rings. The van der Waals surface area contributed by atoms with E-state index in [9.17, 15) is 9.59 Å². The van der Waals surface area contributed by atoms with E-state index in [1.165, 1.54) is 12.3 Å². The monoisotopic (exact) mass is 258 g/mol. The second-order valence-corrected chi connectivity index (χ2v) is 4.20. The topological polar surface area (TPSA) is 90.0 Å². The largest absolute Gasteiger partial charge is 0.399 e. The molecule has 0 saturated heterocycles. The van der Waals surface area contributed by atoms with Crippen molar-refractivity contribution in [2.24, 2.45) is 0 Å². The molecule has 0 aliphatic carbocycles. The number of amides is 1. The minimum absolute atomic E-state index is 0.131. The molecule has 3 N–H and O–H groups in total. The van der Waals surface area contributed by atoms with Gasteiger partial charge in [-0.05, 0) is 30.7 Å². The molecule has 1 heterocycles. The van der Waals surface area contributed by atoms with Crippen molar-refractivity contribution in [2.45, 2.75) is 13.5 Å². The maximum absolute atomic E-state index is 11.8. The highest BCUT2D eigenvalue weighted by Gasteiger charge is 2.06. The molecule has 0 spiro atoms. The van der Waals surface area contributed by atoms with Crippen molar-refractivity contribution in [3.8, 4) is 0 Å². The summed E-state index contributed by atoms with van der Waals surface area (Å²) in [4.78, 5) is 23.4. The van der Waals surface area contributed by atoms with Crippen molar-refractivity contribution in [1.82, 2.24) is 9.78 Å². The Morgan fingerprint density at radius 3 is 2.89 bits per heavy atom. The van der Waals surface area contributed by atoms with E-state index >= 15 is 0 Å². The number of carbonyl (C=O) groups is 1. The summed E-state index contributed by atoms with van der Waals surface area (Å²) in [5.74, 6) is -0.330. The first-order valence-corrected chi connectivity index (χ1v) is 5.74. The van der Waals surface area contributed by atoms with E-state index in [1.54, 1.807) is 31.2 Å². The number of aryl methyl sites for hydroxylation is 1. The van der Waals surface area contributed by atoms with Crippen LogP contribution in [0.5, 0.6) is 0 Å². The Morgan fingerprint density at radius 2 is 2.21 bits per heavy atom. The number of nitrogen functional groups attached to an aromatic ring is 1. The van der Waals surface area contributed by atoms with E-state index in [0.29, 0.717) is 11.4 Å². The van der Waals surface area contributed by atoms with Crippen molar-refractivity contribution >= 4 is 17.3 Å². The Kier molecular flexibility index (Phi) is 3.61. The molecule has 0 unspecified atom stereocenters. The van der Waals surface area contributed by atoms with Crippen LogP contribution in [-0.2, 0) is 11.3 Å². The van der Waals surface area contributed by atoms with Crippen LogP contribution in [0.4, 0.5) is 11.4 Å². The van der Waals surface area contributed by atoms with E-state index < -0.39 is 0 Å². The second-order valence-electron chi connectivity index (χ2n) is 4.20. The van der Waals surface area contributed by atoms with Crippen molar-refractivity contribution in [3.63, 3.8) is 0 Å². The van der Waals surface area contributed by atoms with Gasteiger partial charge in [-0.1, -0.05) is 6.07 Å². The smallest absolute Gasteiger partial charge is 0.267 e. The fourth-order valence-electron chi connectivity index (χ4n) is 1.60. The highest BCUT2D eigenvalue weighted by atomic mass is 16.2. The molecule has 0 aliphatic heterocycles. The lowest BCUT2D eigenvalue weighted by Gasteiger charge is -2.07. The summed E-state index contributed by atoms with van der Waals surface area (Å²) >= 11 is 0. The molecule has 1 aromatic heterocycles. The maximum Gasteiger partial charge on any atom is 0.267 e. The number of nitrogens with two attached hydrogens (primary N) is 1. The quantitative estimate of drug-likeness (QED) is 0.796. The number of hydrogen-bond donors (Lipinski definition) is 2. The van der Waals surface area contributed by atoms with Gasteiger partial charge in [-0.3, -0.25) is 9.59 Å². The van der Waals surface area contributed by atoms with Crippen molar-refractivity contribution in [1.29, 1.82) is 0 Å². The van der Waals surface area contributed by atoms with E-state index in [2.05, 4.69) is 10.4 Å². The number of nitrogens with zero attached hydrogens (tertiary/aromatic N) is 2. The molecule has 1 amide bonds. The van der Waals surface area contributed by atoms with Gasteiger partial charge in [-0.2, -0.15) is 5.10 Å². The molecular weight excluding hydrogens is 244 g/mol. The molecule has 0 bridgehead atoms. The van der Waals surface area contributed by atoms with Crippen molar-refractivity contribution in [3.05, 3.63) is 52.4 Å². The standard InChI is InChI=1S/C13H14N4O2/c1-9-5-13(19)17(15-7-9)8-12(18)16-11-4-2-3-10(14)6-11/h2-7H,8,14H2,1H3,(H,16,18). The summed E-state index contributed by atoms with van der Waals surface area (Å²) < 4.78 is 1.11. The van der Waals surface area contributed by atoms with Crippen LogP contribution in [0.2, 0.25) is 0 Å². The second kappa shape index (κ2) is 5.34. The van der Waals surface area contributed by atoms with Gasteiger partial charge in [0.2, 0.25) is 5.91 Å². The number of hydrogen-bond acceptors (Lipinski definition) is 4. The Balaban J connectivity index is 2.07. The van der Waals surface area contributed by atoms with Crippen LogP contribution in [-0.4, -0.2) is 15.7 Å². The zero-order chi connectivity index (χ0) is 13.8. The van der Waals surface area contributed by atoms with Crippen LogP contribution in [0.15, 0.2) is 41.3 Å². The van der Waals surface area contributed by atoms with Gasteiger partial charge < -0.3 is 11.1 Å². The van der Waals surface area contributed by atoms with Crippen molar-refractivity contribution < 1.29 is 4.79 Å². The van der Waals surface area contributed by atoms with Crippen LogP contribution < -0.4 is 16.6 Å². The summed E-state index contributed by atoms with van der Waals surface area (Å²) in [5, 5.41) is 6.55. The molecule has 0 atom stereocenters. The minimum atomic E-state index is -0.330. The first kappa shape index (κ1) is 12.8. The molecule has 1 aromatic carbocycles. The third-order valence-corrected chi connectivity index (χ3v) is 2.47. The highest BCUT2D eigenvalue weighted by molar-refractivity contribution is 5.90. The number of carbonyl (C=O) groups excluding carboxylic acids is 1. The first-order chi connectivity index (χ1) is 9.04. The van der Waals surface area contributed by atoms with Gasteiger partial charge in [0, 0.05) is 17.4 Å². The Labute approximate surface area is 109 Å². The van der Waals surface area contributed by atoms with Crippen LogP contribution in [0.3, 0.4) is 0 Å². The molecular formula is C13H14N4O2. The van der Waals surface area contributed by atoms with Crippen LogP contribution in [0.25, 0.3) is 0 Å². The van der Waals surface area contributed by atoms with Gasteiger partial charge >= 0.3 is 0 Å². The molecule has 98 valence electrons. The Morgan fingerprint density at radius 1 is 1.42 bits per heavy atom. The molecule has 0 saturated carbocycles. The minimum Gasteiger partial charge on any atom is -0.399 e. The average Bonchev–Trinajstić information content (AvgIpc) is 2.33. The van der Waals surface area contributed by atoms with Gasteiger partial charge in [-0.15, -0.1) is 0 Å². The third-order valence-electron chi connectivity index (χ3n) is 2.47. The molecule has 0 aliphatic rings. The van der Waals surface area contributed by atoms with Gasteiger partial charge in [0.25, 0.3) is 5.56 Å². The lowest BCUT2D eigenvalue weighted by Crippen LogP contribution is -2.29. The van der Waals surface area contributed by atoms with Crippen LogP contribution in [0.1, 0.15) is 5.56 Å². The predicted octanol–water partition coefficient (Wildman–Crippen LogP) is 0.773. The Hall–Kier alpha value is -2.63. The summed E-state index contributed by atoms with van der Waals surface area (Å²) in [6.45, 7) is 1.64. The molecule has 19 heavy (non-hydrogen) atoms. The van der Waals surface area contributed by atoms with E-state index in [0.717, 1.165) is 10.2 Å². The maximum atomic E-state index is 11.8. The molecule has 0 fully saturated rings. The summed E-state index contributed by atoms with van der Waals surface area (Å²) in [7, 11) is 0. The number of benzene rings is 1. The lowest BCUT2D eigenvalue weighted by atomic mass is 10.3. The summed E-state index contributed by atoms with van der Waals surface area (Å²) in [6.07, 6.45) is 1.54. The van der Waals surface area contributed by atoms with Crippen molar-refractivity contribution in [2.75, 3.05) is 11.1 Å². The van der Waals surface area contributed by atoms with Gasteiger partial charge in [0.1, 0.15) is 6.54 Å². The number of anilines is 2. The fourth-order valence-corrected chi connectivity index (χ4v) is 1.60. The van der Waals surface area contributed by atoms with E-state index in [-0.39, 0.29) is 18.0 Å². The van der Waals surface area contributed by atoms with Gasteiger partial charge in [0.05, 0.1) is 6.20 Å².